The van der Waals surface area contributed by atoms with Gasteiger partial charge in [0.25, 0.3) is 0 Å². The molecule has 0 aliphatic carbocycles. The summed E-state index contributed by atoms with van der Waals surface area (Å²) in [5.41, 5.74) is 0.787. The average Bonchev–Trinajstić information content (AvgIpc) is 2.61. The number of hydrogen-bond acceptors (Lipinski definition) is 4. The van der Waals surface area contributed by atoms with Gasteiger partial charge in [-0.3, -0.25) is 9.59 Å². The molecule has 2 amide bonds. The number of ether oxygens (including phenoxy) is 2. The van der Waals surface area contributed by atoms with Gasteiger partial charge in [0.1, 0.15) is 12.4 Å². The van der Waals surface area contributed by atoms with Crippen molar-refractivity contribution in [2.24, 2.45) is 0 Å². The van der Waals surface area contributed by atoms with E-state index >= 15 is 0 Å². The van der Waals surface area contributed by atoms with Gasteiger partial charge in [-0.25, -0.2) is 0 Å². The third-order valence-electron chi connectivity index (χ3n) is 4.51. The molecule has 0 unspecified atom stereocenters. The zero-order valence-corrected chi connectivity index (χ0v) is 14.2. The summed E-state index contributed by atoms with van der Waals surface area (Å²) in [6.07, 6.45) is 0.494. The van der Waals surface area contributed by atoms with Crippen LogP contribution in [0.1, 0.15) is 26.7 Å². The van der Waals surface area contributed by atoms with Crippen LogP contribution in [-0.4, -0.2) is 55.2 Å². The van der Waals surface area contributed by atoms with Gasteiger partial charge in [-0.15, -0.1) is 0 Å². The standard InChI is InChI=1S/C18H24N2O4/c1-13-12-24-14(2)11-20(13)18(22)8-7-17(21)19-9-10-23-16-6-4-3-5-15(16)19/h3-6,13-14H,7-12H2,1-2H3/t13-,14+/m0/s1. The number of fused-ring (bicyclic) bond motifs is 1. The number of rotatable bonds is 3. The molecule has 0 saturated carbocycles. The molecule has 2 heterocycles. The van der Waals surface area contributed by atoms with E-state index in [0.717, 1.165) is 11.4 Å². The molecular formula is C18H24N2O4. The fourth-order valence-electron chi connectivity index (χ4n) is 3.17. The Bertz CT molecular complexity index is 619. The number of para-hydroxylation sites is 2. The van der Waals surface area contributed by atoms with Crippen molar-refractivity contribution in [2.45, 2.75) is 38.8 Å². The number of benzene rings is 1. The third-order valence-corrected chi connectivity index (χ3v) is 4.51. The zero-order valence-electron chi connectivity index (χ0n) is 14.2. The van der Waals surface area contributed by atoms with Crippen molar-refractivity contribution in [1.82, 2.24) is 4.90 Å². The highest BCUT2D eigenvalue weighted by Crippen LogP contribution is 2.31. The molecule has 0 radical (unpaired) electrons. The quantitative estimate of drug-likeness (QED) is 0.847. The lowest BCUT2D eigenvalue weighted by atomic mass is 10.1. The molecule has 130 valence electrons. The number of hydrogen-bond donors (Lipinski definition) is 0. The van der Waals surface area contributed by atoms with Crippen molar-refractivity contribution in [1.29, 1.82) is 0 Å². The van der Waals surface area contributed by atoms with Gasteiger partial charge >= 0.3 is 0 Å². The van der Waals surface area contributed by atoms with Gasteiger partial charge in [0.05, 0.1) is 31.0 Å². The molecule has 0 spiro atoms. The molecule has 6 nitrogen and oxygen atoms in total. The smallest absolute Gasteiger partial charge is 0.227 e. The minimum Gasteiger partial charge on any atom is -0.490 e. The van der Waals surface area contributed by atoms with Gasteiger partial charge in [0, 0.05) is 19.4 Å². The molecule has 1 saturated heterocycles. The van der Waals surface area contributed by atoms with Crippen molar-refractivity contribution < 1.29 is 19.1 Å². The van der Waals surface area contributed by atoms with Crippen molar-refractivity contribution in [2.75, 3.05) is 31.2 Å². The van der Waals surface area contributed by atoms with E-state index in [0.29, 0.717) is 26.3 Å². The summed E-state index contributed by atoms with van der Waals surface area (Å²) in [6, 6.07) is 7.57. The van der Waals surface area contributed by atoms with Crippen LogP contribution in [-0.2, 0) is 14.3 Å². The van der Waals surface area contributed by atoms with Crippen molar-refractivity contribution in [3.8, 4) is 5.75 Å². The number of amides is 2. The van der Waals surface area contributed by atoms with Crippen LogP contribution >= 0.6 is 0 Å². The van der Waals surface area contributed by atoms with Gasteiger partial charge in [0.2, 0.25) is 11.8 Å². The van der Waals surface area contributed by atoms with Crippen LogP contribution in [0.5, 0.6) is 5.75 Å². The predicted molar refractivity (Wildman–Crippen MR) is 90.1 cm³/mol. The van der Waals surface area contributed by atoms with Crippen LogP contribution in [0, 0.1) is 0 Å². The van der Waals surface area contributed by atoms with E-state index in [1.165, 1.54) is 0 Å². The van der Waals surface area contributed by atoms with Crippen LogP contribution in [0.2, 0.25) is 0 Å². The van der Waals surface area contributed by atoms with Crippen molar-refractivity contribution in [3.63, 3.8) is 0 Å². The first kappa shape index (κ1) is 16.8. The summed E-state index contributed by atoms with van der Waals surface area (Å²) in [6.45, 7) is 6.09. The highest BCUT2D eigenvalue weighted by atomic mass is 16.5. The Morgan fingerprint density at radius 1 is 1.17 bits per heavy atom. The first-order valence-corrected chi connectivity index (χ1v) is 8.49. The van der Waals surface area contributed by atoms with E-state index in [4.69, 9.17) is 9.47 Å². The third kappa shape index (κ3) is 3.53. The van der Waals surface area contributed by atoms with Crippen LogP contribution in [0.4, 0.5) is 5.69 Å². The molecule has 1 aromatic rings. The average molecular weight is 332 g/mol. The van der Waals surface area contributed by atoms with Gasteiger partial charge in [-0.05, 0) is 26.0 Å². The predicted octanol–water partition coefficient (Wildman–Crippen LogP) is 1.83. The summed E-state index contributed by atoms with van der Waals surface area (Å²) in [4.78, 5) is 28.6. The highest BCUT2D eigenvalue weighted by Gasteiger charge is 2.29. The Balaban J connectivity index is 1.59. The topological polar surface area (TPSA) is 59.1 Å². The maximum atomic E-state index is 12.6. The Labute approximate surface area is 142 Å². The van der Waals surface area contributed by atoms with Crippen LogP contribution in [0.15, 0.2) is 24.3 Å². The normalized spacial score (nSPS) is 23.4. The molecule has 3 rings (SSSR count). The molecule has 6 heteroatoms. The summed E-state index contributed by atoms with van der Waals surface area (Å²) in [5, 5.41) is 0. The Morgan fingerprint density at radius 3 is 2.75 bits per heavy atom. The van der Waals surface area contributed by atoms with Gasteiger partial charge in [0.15, 0.2) is 0 Å². The molecule has 1 aromatic carbocycles. The number of nitrogens with zero attached hydrogens (tertiary/aromatic N) is 2. The van der Waals surface area contributed by atoms with E-state index in [-0.39, 0.29) is 36.8 Å². The van der Waals surface area contributed by atoms with E-state index in [1.54, 1.807) is 4.90 Å². The Morgan fingerprint density at radius 2 is 1.92 bits per heavy atom. The first-order valence-electron chi connectivity index (χ1n) is 8.49. The van der Waals surface area contributed by atoms with E-state index in [2.05, 4.69) is 0 Å². The fourth-order valence-corrected chi connectivity index (χ4v) is 3.17. The zero-order chi connectivity index (χ0) is 17.1. The van der Waals surface area contributed by atoms with Crippen LogP contribution < -0.4 is 9.64 Å². The number of carbonyl (C=O) groups is 2. The second-order valence-corrected chi connectivity index (χ2v) is 6.40. The van der Waals surface area contributed by atoms with Gasteiger partial charge < -0.3 is 19.3 Å². The molecule has 0 aromatic heterocycles. The fraction of sp³-hybridized carbons (Fsp3) is 0.556. The molecule has 24 heavy (non-hydrogen) atoms. The molecular weight excluding hydrogens is 308 g/mol. The van der Waals surface area contributed by atoms with Crippen molar-refractivity contribution >= 4 is 17.5 Å². The van der Waals surface area contributed by atoms with Crippen molar-refractivity contribution in [3.05, 3.63) is 24.3 Å². The van der Waals surface area contributed by atoms with E-state index < -0.39 is 0 Å². The monoisotopic (exact) mass is 332 g/mol. The molecule has 1 fully saturated rings. The maximum Gasteiger partial charge on any atom is 0.227 e. The van der Waals surface area contributed by atoms with Gasteiger partial charge in [-0.1, -0.05) is 12.1 Å². The van der Waals surface area contributed by atoms with Gasteiger partial charge in [-0.2, -0.15) is 0 Å². The lowest BCUT2D eigenvalue weighted by Gasteiger charge is -2.37. The number of anilines is 1. The number of morpholine rings is 1. The molecule has 0 N–H and O–H groups in total. The molecule has 2 aliphatic heterocycles. The second kappa shape index (κ2) is 7.21. The number of carbonyl (C=O) groups excluding carboxylic acids is 2. The summed E-state index contributed by atoms with van der Waals surface area (Å²) >= 11 is 0. The lowest BCUT2D eigenvalue weighted by molar-refractivity contribution is -0.144. The second-order valence-electron chi connectivity index (χ2n) is 6.40. The summed E-state index contributed by atoms with van der Waals surface area (Å²) in [5.74, 6) is 0.708. The maximum absolute atomic E-state index is 12.6. The highest BCUT2D eigenvalue weighted by molar-refractivity contribution is 5.97. The molecule has 0 bridgehead atoms. The molecule has 2 atom stereocenters. The SMILES string of the molecule is C[C@@H]1CN(C(=O)CCC(=O)N2CCOc3ccccc32)[C@@H](C)CO1. The Hall–Kier alpha value is -2.08. The van der Waals surface area contributed by atoms with Crippen LogP contribution in [0.25, 0.3) is 0 Å². The molecule has 2 aliphatic rings. The summed E-state index contributed by atoms with van der Waals surface area (Å²) < 4.78 is 11.1. The lowest BCUT2D eigenvalue weighted by Crippen LogP contribution is -2.50. The largest absolute Gasteiger partial charge is 0.490 e. The Kier molecular flexibility index (Phi) is 5.04. The minimum absolute atomic E-state index is 0.0209. The van der Waals surface area contributed by atoms with Crippen LogP contribution in [0.3, 0.4) is 0 Å². The summed E-state index contributed by atoms with van der Waals surface area (Å²) in [7, 11) is 0. The first-order chi connectivity index (χ1) is 11.6. The van der Waals surface area contributed by atoms with E-state index in [9.17, 15) is 9.59 Å². The van der Waals surface area contributed by atoms with E-state index in [1.807, 2.05) is 43.0 Å². The minimum atomic E-state index is -0.0342.